The van der Waals surface area contributed by atoms with Crippen molar-refractivity contribution < 1.29 is 17.0 Å². The molecule has 4 nitrogen and oxygen atoms in total. The molecule has 0 fully saturated rings. The van der Waals surface area contributed by atoms with Crippen LogP contribution in [0.1, 0.15) is 39.2 Å². The van der Waals surface area contributed by atoms with Crippen LogP contribution in [0, 0.1) is 6.92 Å². The van der Waals surface area contributed by atoms with Crippen molar-refractivity contribution in [3.8, 4) is 0 Å². The molecule has 0 radical (unpaired) electrons. The fourth-order valence-electron chi connectivity index (χ4n) is 1.92. The predicted molar refractivity (Wildman–Crippen MR) is 106 cm³/mol. The first kappa shape index (κ1) is 22.1. The number of hydrogen-bond acceptors (Lipinski definition) is 4. The van der Waals surface area contributed by atoms with Crippen LogP contribution >= 0.6 is 0 Å². The molecular formula is C19H32O4SSi. The molecule has 1 atom stereocenters. The molecule has 0 saturated heterocycles. The van der Waals surface area contributed by atoms with E-state index in [1.54, 1.807) is 30.3 Å². The molecule has 0 aromatic heterocycles. The first-order chi connectivity index (χ1) is 11.4. The van der Waals surface area contributed by atoms with Crippen molar-refractivity contribution in [2.75, 3.05) is 6.61 Å². The number of rotatable bonds is 9. The van der Waals surface area contributed by atoms with Crippen LogP contribution < -0.4 is 0 Å². The van der Waals surface area contributed by atoms with Crippen molar-refractivity contribution in [2.45, 2.75) is 69.7 Å². The van der Waals surface area contributed by atoms with Gasteiger partial charge in [-0.2, -0.15) is 8.42 Å². The van der Waals surface area contributed by atoms with Crippen LogP contribution in [0.5, 0.6) is 0 Å². The second-order valence-corrected chi connectivity index (χ2v) is 14.3. The Hall–Kier alpha value is -0.953. The Kier molecular flexibility index (Phi) is 7.62. The molecule has 25 heavy (non-hydrogen) atoms. The molecule has 0 spiro atoms. The maximum Gasteiger partial charge on any atom is 0.297 e. The number of allylic oxidation sites excluding steroid dienone is 1. The van der Waals surface area contributed by atoms with Crippen molar-refractivity contribution in [3.05, 3.63) is 42.5 Å². The first-order valence-corrected chi connectivity index (χ1v) is 13.0. The first-order valence-electron chi connectivity index (χ1n) is 8.64. The second kappa shape index (κ2) is 8.62. The number of hydrogen-bond donors (Lipinski definition) is 0. The van der Waals surface area contributed by atoms with E-state index in [1.807, 2.05) is 6.92 Å². The highest BCUT2D eigenvalue weighted by atomic mass is 32.2. The highest BCUT2D eigenvalue weighted by molar-refractivity contribution is 7.86. The fraction of sp³-hybridized carbons (Fsp3) is 0.579. The molecule has 0 aliphatic rings. The van der Waals surface area contributed by atoms with E-state index in [4.69, 9.17) is 8.61 Å². The van der Waals surface area contributed by atoms with Crippen LogP contribution in [0.2, 0.25) is 18.1 Å². The molecular weight excluding hydrogens is 352 g/mol. The van der Waals surface area contributed by atoms with Crippen molar-refractivity contribution >= 4 is 18.4 Å². The summed E-state index contributed by atoms with van der Waals surface area (Å²) in [5.74, 6) is 0. The smallest absolute Gasteiger partial charge is 0.297 e. The molecule has 0 amide bonds. The Labute approximate surface area is 154 Å². The third-order valence-electron chi connectivity index (χ3n) is 4.70. The lowest BCUT2D eigenvalue weighted by molar-refractivity contribution is 0.119. The summed E-state index contributed by atoms with van der Waals surface area (Å²) in [6, 6.07) is 6.68. The minimum atomic E-state index is -3.81. The van der Waals surface area contributed by atoms with E-state index in [-0.39, 0.29) is 16.5 Å². The normalized spacial score (nSPS) is 14.3. The molecule has 0 aliphatic carbocycles. The van der Waals surface area contributed by atoms with E-state index in [2.05, 4.69) is 40.4 Å². The Balaban J connectivity index is 2.88. The monoisotopic (exact) mass is 384 g/mol. The van der Waals surface area contributed by atoms with Gasteiger partial charge in [-0.3, -0.25) is 4.18 Å². The zero-order chi connectivity index (χ0) is 19.3. The molecule has 0 bridgehead atoms. The van der Waals surface area contributed by atoms with Crippen LogP contribution in [0.25, 0.3) is 0 Å². The zero-order valence-electron chi connectivity index (χ0n) is 16.3. The van der Waals surface area contributed by atoms with Crippen LogP contribution in [-0.2, 0) is 18.7 Å². The summed E-state index contributed by atoms with van der Waals surface area (Å²) < 4.78 is 36.8. The Bertz CT molecular complexity index is 658. The van der Waals surface area contributed by atoms with Crippen molar-refractivity contribution in [3.63, 3.8) is 0 Å². The molecule has 0 heterocycles. The van der Waals surface area contributed by atoms with E-state index in [0.717, 1.165) is 5.56 Å². The Morgan fingerprint density at radius 3 is 2.24 bits per heavy atom. The maximum atomic E-state index is 12.5. The fourth-order valence-corrected chi connectivity index (χ4v) is 4.05. The van der Waals surface area contributed by atoms with E-state index in [1.165, 1.54) is 0 Å². The van der Waals surface area contributed by atoms with Gasteiger partial charge in [0.2, 0.25) is 0 Å². The average molecular weight is 385 g/mol. The zero-order valence-corrected chi connectivity index (χ0v) is 18.2. The average Bonchev–Trinajstić information content (AvgIpc) is 2.49. The predicted octanol–water partition coefficient (Wildman–Crippen LogP) is 5.06. The van der Waals surface area contributed by atoms with Gasteiger partial charge in [-0.15, -0.1) is 6.58 Å². The molecule has 1 unspecified atom stereocenters. The van der Waals surface area contributed by atoms with Crippen LogP contribution in [0.15, 0.2) is 41.8 Å². The van der Waals surface area contributed by atoms with Gasteiger partial charge in [-0.05, 0) is 50.0 Å². The molecule has 142 valence electrons. The van der Waals surface area contributed by atoms with Gasteiger partial charge >= 0.3 is 0 Å². The summed E-state index contributed by atoms with van der Waals surface area (Å²) in [5.41, 5.74) is 1.00. The third-order valence-corrected chi connectivity index (χ3v) is 10.6. The quantitative estimate of drug-likeness (QED) is 0.339. The SMILES string of the molecule is C=CCCC(CO[Si](C)(C)C(C)(C)C)OS(=O)(=O)c1ccc(C)cc1. The van der Waals surface area contributed by atoms with E-state index >= 15 is 0 Å². The molecule has 1 aromatic carbocycles. The minimum absolute atomic E-state index is 0.0613. The standard InChI is InChI=1S/C19H32O4SSi/c1-8-9-10-17(15-22-25(6,7)19(3,4)5)23-24(20,21)18-13-11-16(2)12-14-18/h8,11-14,17H,1,9-10,15H2,2-7H3. The summed E-state index contributed by atoms with van der Waals surface area (Å²) >= 11 is 0. The molecule has 1 aromatic rings. The van der Waals surface area contributed by atoms with Crippen molar-refractivity contribution in [2.24, 2.45) is 0 Å². The minimum Gasteiger partial charge on any atom is -0.414 e. The number of benzene rings is 1. The maximum absolute atomic E-state index is 12.5. The van der Waals surface area contributed by atoms with Gasteiger partial charge in [0.1, 0.15) is 0 Å². The topological polar surface area (TPSA) is 52.6 Å². The van der Waals surface area contributed by atoms with Crippen LogP contribution in [0.4, 0.5) is 0 Å². The lowest BCUT2D eigenvalue weighted by Crippen LogP contribution is -2.43. The van der Waals surface area contributed by atoms with Gasteiger partial charge < -0.3 is 4.43 Å². The molecule has 6 heteroatoms. The van der Waals surface area contributed by atoms with Gasteiger partial charge in [-0.25, -0.2) is 0 Å². The lowest BCUT2D eigenvalue weighted by Gasteiger charge is -2.37. The third kappa shape index (κ3) is 6.70. The van der Waals surface area contributed by atoms with Crippen LogP contribution in [0.3, 0.4) is 0 Å². The largest absolute Gasteiger partial charge is 0.414 e. The summed E-state index contributed by atoms with van der Waals surface area (Å²) in [6.07, 6.45) is 2.48. The number of aryl methyl sites for hydroxylation is 1. The van der Waals surface area contributed by atoms with Gasteiger partial charge in [0.25, 0.3) is 10.1 Å². The highest BCUT2D eigenvalue weighted by Crippen LogP contribution is 2.36. The summed E-state index contributed by atoms with van der Waals surface area (Å²) in [6.45, 7) is 16.6. The van der Waals surface area contributed by atoms with E-state index < -0.39 is 24.5 Å². The van der Waals surface area contributed by atoms with Crippen molar-refractivity contribution in [1.29, 1.82) is 0 Å². The van der Waals surface area contributed by atoms with E-state index in [0.29, 0.717) is 12.8 Å². The summed E-state index contributed by atoms with van der Waals surface area (Å²) in [5, 5.41) is 0.0613. The van der Waals surface area contributed by atoms with Gasteiger partial charge in [-0.1, -0.05) is 44.5 Å². The van der Waals surface area contributed by atoms with Gasteiger partial charge in [0.15, 0.2) is 8.32 Å². The van der Waals surface area contributed by atoms with Gasteiger partial charge in [0.05, 0.1) is 17.6 Å². The van der Waals surface area contributed by atoms with Crippen LogP contribution in [-0.4, -0.2) is 29.4 Å². The van der Waals surface area contributed by atoms with Crippen molar-refractivity contribution in [1.82, 2.24) is 0 Å². The molecule has 0 saturated carbocycles. The lowest BCUT2D eigenvalue weighted by atomic mass is 10.2. The summed E-state index contributed by atoms with van der Waals surface area (Å²) in [4.78, 5) is 0.175. The Morgan fingerprint density at radius 1 is 1.20 bits per heavy atom. The Morgan fingerprint density at radius 2 is 1.76 bits per heavy atom. The molecule has 0 N–H and O–H groups in total. The molecule has 1 rings (SSSR count). The highest BCUT2D eigenvalue weighted by Gasteiger charge is 2.38. The summed E-state index contributed by atoms with van der Waals surface area (Å²) in [7, 11) is -5.78. The second-order valence-electron chi connectivity index (χ2n) is 7.92. The van der Waals surface area contributed by atoms with Gasteiger partial charge in [0, 0.05) is 0 Å². The van der Waals surface area contributed by atoms with E-state index in [9.17, 15) is 8.42 Å². The molecule has 0 aliphatic heterocycles.